The minimum atomic E-state index is -0.520. The quantitative estimate of drug-likeness (QED) is 0.613. The van der Waals surface area contributed by atoms with Crippen LogP contribution in [0.3, 0.4) is 0 Å². The Morgan fingerprint density at radius 3 is 2.39 bits per heavy atom. The van der Waals surface area contributed by atoms with Crippen LogP contribution in [-0.2, 0) is 0 Å². The van der Waals surface area contributed by atoms with Crippen LogP contribution in [-0.4, -0.2) is 28.1 Å². The molecule has 0 unspecified atom stereocenters. The van der Waals surface area contributed by atoms with Crippen LogP contribution in [0, 0.1) is 10.1 Å². The molecule has 6 nitrogen and oxygen atoms in total. The van der Waals surface area contributed by atoms with Gasteiger partial charge in [0.1, 0.15) is 0 Å². The molecule has 0 aliphatic carbocycles. The number of rotatable bonds is 5. The largest absolute Gasteiger partial charge is 0.396 e. The van der Waals surface area contributed by atoms with Gasteiger partial charge in [-0.1, -0.05) is 0 Å². The first kappa shape index (κ1) is 14.1. The molecule has 0 atom stereocenters. The van der Waals surface area contributed by atoms with Crippen molar-refractivity contribution in [2.45, 2.75) is 25.8 Å². The van der Waals surface area contributed by atoms with Gasteiger partial charge in [0.15, 0.2) is 0 Å². The summed E-state index contributed by atoms with van der Waals surface area (Å²) in [5.41, 5.74) is -0.221. The lowest BCUT2D eigenvalue weighted by molar-refractivity contribution is -0.384. The lowest BCUT2D eigenvalue weighted by Crippen LogP contribution is -2.44. The number of hydrogen-bond donors (Lipinski definition) is 2. The van der Waals surface area contributed by atoms with E-state index in [-0.39, 0.29) is 18.2 Å². The molecule has 0 spiro atoms. The van der Waals surface area contributed by atoms with E-state index in [2.05, 4.69) is 5.32 Å². The molecular formula is C12H16N2O4. The number of nitro benzene ring substituents is 1. The van der Waals surface area contributed by atoms with Gasteiger partial charge in [-0.25, -0.2) is 0 Å². The predicted molar refractivity (Wildman–Crippen MR) is 66.3 cm³/mol. The van der Waals surface area contributed by atoms with Gasteiger partial charge in [-0.05, 0) is 32.4 Å². The minimum absolute atomic E-state index is 0.0203. The van der Waals surface area contributed by atoms with Crippen LogP contribution in [0.2, 0.25) is 0 Å². The predicted octanol–water partition coefficient (Wildman–Crippen LogP) is 1.49. The third kappa shape index (κ3) is 3.81. The number of hydrogen-bond acceptors (Lipinski definition) is 4. The van der Waals surface area contributed by atoms with E-state index in [1.54, 1.807) is 13.8 Å². The van der Waals surface area contributed by atoms with Crippen LogP contribution in [0.15, 0.2) is 24.3 Å². The van der Waals surface area contributed by atoms with Crippen molar-refractivity contribution in [3.8, 4) is 0 Å². The van der Waals surface area contributed by atoms with Gasteiger partial charge in [-0.15, -0.1) is 0 Å². The van der Waals surface area contributed by atoms with Gasteiger partial charge in [0, 0.05) is 29.8 Å². The Labute approximate surface area is 105 Å². The zero-order valence-corrected chi connectivity index (χ0v) is 10.3. The second-order valence-electron chi connectivity index (χ2n) is 4.62. The third-order valence-electron chi connectivity index (χ3n) is 2.53. The Bertz CT molecular complexity index is 440. The molecule has 0 radical (unpaired) electrons. The fraction of sp³-hybridized carbons (Fsp3) is 0.417. The molecule has 0 aromatic heterocycles. The molecule has 1 rings (SSSR count). The monoisotopic (exact) mass is 252 g/mol. The molecule has 0 aliphatic heterocycles. The van der Waals surface area contributed by atoms with Crippen LogP contribution in [0.25, 0.3) is 0 Å². The molecule has 1 aromatic carbocycles. The summed E-state index contributed by atoms with van der Waals surface area (Å²) in [6.45, 7) is 3.58. The normalized spacial score (nSPS) is 11.1. The first-order valence-electron chi connectivity index (χ1n) is 5.53. The maximum absolute atomic E-state index is 11.9. The minimum Gasteiger partial charge on any atom is -0.396 e. The van der Waals surface area contributed by atoms with Gasteiger partial charge >= 0.3 is 0 Å². The Kier molecular flexibility index (Phi) is 4.38. The van der Waals surface area contributed by atoms with Crippen molar-refractivity contribution in [3.63, 3.8) is 0 Å². The molecule has 0 saturated carbocycles. The number of benzene rings is 1. The molecular weight excluding hydrogens is 236 g/mol. The van der Waals surface area contributed by atoms with E-state index in [9.17, 15) is 14.9 Å². The molecule has 1 amide bonds. The van der Waals surface area contributed by atoms with E-state index >= 15 is 0 Å². The SMILES string of the molecule is CC(C)(CCO)NC(=O)c1ccc([N+](=O)[O-])cc1. The zero-order valence-electron chi connectivity index (χ0n) is 10.3. The van der Waals surface area contributed by atoms with Crippen LogP contribution in [0.5, 0.6) is 0 Å². The number of carbonyl (C=O) groups is 1. The summed E-state index contributed by atoms with van der Waals surface area (Å²) in [4.78, 5) is 21.8. The fourth-order valence-corrected chi connectivity index (χ4v) is 1.46. The second-order valence-corrected chi connectivity index (χ2v) is 4.62. The number of aliphatic hydroxyl groups excluding tert-OH is 1. The Hall–Kier alpha value is -1.95. The average molecular weight is 252 g/mol. The van der Waals surface area contributed by atoms with E-state index in [0.29, 0.717) is 12.0 Å². The highest BCUT2D eigenvalue weighted by atomic mass is 16.6. The lowest BCUT2D eigenvalue weighted by atomic mass is 10.0. The zero-order chi connectivity index (χ0) is 13.8. The van der Waals surface area contributed by atoms with Crippen LogP contribution >= 0.6 is 0 Å². The van der Waals surface area contributed by atoms with Crippen molar-refractivity contribution in [1.29, 1.82) is 0 Å². The van der Waals surface area contributed by atoms with E-state index in [1.807, 2.05) is 0 Å². The molecule has 0 bridgehead atoms. The number of nitro groups is 1. The summed E-state index contributed by atoms with van der Waals surface area (Å²) in [6.07, 6.45) is 0.436. The van der Waals surface area contributed by atoms with Crippen LogP contribution < -0.4 is 5.32 Å². The van der Waals surface area contributed by atoms with Crippen LogP contribution in [0.4, 0.5) is 5.69 Å². The number of nitrogens with zero attached hydrogens (tertiary/aromatic N) is 1. The van der Waals surface area contributed by atoms with Crippen molar-refractivity contribution in [2.75, 3.05) is 6.61 Å². The van der Waals surface area contributed by atoms with Crippen molar-refractivity contribution in [3.05, 3.63) is 39.9 Å². The molecule has 0 heterocycles. The topological polar surface area (TPSA) is 92.5 Å². The fourth-order valence-electron chi connectivity index (χ4n) is 1.46. The average Bonchev–Trinajstić information content (AvgIpc) is 2.28. The maximum atomic E-state index is 11.9. The summed E-state index contributed by atoms with van der Waals surface area (Å²) < 4.78 is 0. The number of non-ortho nitro benzene ring substituents is 1. The van der Waals surface area contributed by atoms with E-state index in [4.69, 9.17) is 5.11 Å². The smallest absolute Gasteiger partial charge is 0.269 e. The molecule has 0 saturated heterocycles. The van der Waals surface area contributed by atoms with Gasteiger partial charge in [0.2, 0.25) is 0 Å². The number of nitrogens with one attached hydrogen (secondary N) is 1. The highest BCUT2D eigenvalue weighted by molar-refractivity contribution is 5.94. The molecule has 0 aliphatic rings. The van der Waals surface area contributed by atoms with Gasteiger partial charge in [0.25, 0.3) is 11.6 Å². The number of amides is 1. The molecule has 18 heavy (non-hydrogen) atoms. The van der Waals surface area contributed by atoms with Crippen molar-refractivity contribution in [1.82, 2.24) is 5.32 Å². The summed E-state index contributed by atoms with van der Waals surface area (Å²) in [6, 6.07) is 5.38. The van der Waals surface area contributed by atoms with E-state index in [1.165, 1.54) is 24.3 Å². The molecule has 0 fully saturated rings. The second kappa shape index (κ2) is 5.59. The van der Waals surface area contributed by atoms with E-state index in [0.717, 1.165) is 0 Å². The molecule has 98 valence electrons. The molecule has 6 heteroatoms. The highest BCUT2D eigenvalue weighted by Crippen LogP contribution is 2.14. The Morgan fingerprint density at radius 1 is 1.39 bits per heavy atom. The summed E-state index contributed by atoms with van der Waals surface area (Å²) >= 11 is 0. The Balaban J connectivity index is 2.76. The van der Waals surface area contributed by atoms with Crippen molar-refractivity contribution >= 4 is 11.6 Å². The van der Waals surface area contributed by atoms with Crippen molar-refractivity contribution in [2.24, 2.45) is 0 Å². The van der Waals surface area contributed by atoms with E-state index < -0.39 is 10.5 Å². The van der Waals surface area contributed by atoms with Crippen molar-refractivity contribution < 1.29 is 14.8 Å². The maximum Gasteiger partial charge on any atom is 0.269 e. The third-order valence-corrected chi connectivity index (χ3v) is 2.53. The molecule has 1 aromatic rings. The first-order valence-corrected chi connectivity index (χ1v) is 5.53. The summed E-state index contributed by atoms with van der Waals surface area (Å²) in [7, 11) is 0. The van der Waals surface area contributed by atoms with Gasteiger partial charge in [0.05, 0.1) is 4.92 Å². The molecule has 2 N–H and O–H groups in total. The van der Waals surface area contributed by atoms with Gasteiger partial charge in [-0.2, -0.15) is 0 Å². The van der Waals surface area contributed by atoms with Gasteiger partial charge < -0.3 is 10.4 Å². The standard InChI is InChI=1S/C12H16N2O4/c1-12(2,7-8-15)13-11(16)9-3-5-10(6-4-9)14(17)18/h3-6,15H,7-8H2,1-2H3,(H,13,16). The number of aliphatic hydroxyl groups is 1. The lowest BCUT2D eigenvalue weighted by Gasteiger charge is -2.25. The summed E-state index contributed by atoms with van der Waals surface area (Å²) in [5, 5.41) is 22.1. The number of carbonyl (C=O) groups excluding carboxylic acids is 1. The first-order chi connectivity index (χ1) is 8.35. The summed E-state index contributed by atoms with van der Waals surface area (Å²) in [5.74, 6) is -0.316. The highest BCUT2D eigenvalue weighted by Gasteiger charge is 2.20. The van der Waals surface area contributed by atoms with Gasteiger partial charge in [-0.3, -0.25) is 14.9 Å². The Morgan fingerprint density at radius 2 is 1.94 bits per heavy atom. The van der Waals surface area contributed by atoms with Crippen LogP contribution in [0.1, 0.15) is 30.6 Å².